The highest BCUT2D eigenvalue weighted by atomic mass is 16.6. The second-order valence-electron chi connectivity index (χ2n) is 7.30. The molecule has 2 aromatic heterocycles. The smallest absolute Gasteiger partial charge is 0.307 e. The number of hydrogen-bond donors (Lipinski definition) is 0. The maximum atomic E-state index is 13.0. The summed E-state index contributed by atoms with van der Waals surface area (Å²) in [7, 11) is 1.69. The number of amides is 1. The van der Waals surface area contributed by atoms with E-state index in [1.165, 1.54) is 0 Å². The maximum absolute atomic E-state index is 13.0. The van der Waals surface area contributed by atoms with E-state index in [0.717, 1.165) is 37.7 Å². The third-order valence-electron chi connectivity index (χ3n) is 5.46. The van der Waals surface area contributed by atoms with Gasteiger partial charge >= 0.3 is 5.97 Å². The molecule has 1 saturated heterocycles. The summed E-state index contributed by atoms with van der Waals surface area (Å²) >= 11 is 0. The van der Waals surface area contributed by atoms with Gasteiger partial charge in [0.05, 0.1) is 18.9 Å². The first-order chi connectivity index (χ1) is 13.1. The number of rotatable bonds is 4. The first-order valence-corrected chi connectivity index (χ1v) is 9.27. The molecule has 3 heterocycles. The summed E-state index contributed by atoms with van der Waals surface area (Å²) in [4.78, 5) is 34.9. The number of carbonyl (C=O) groups is 2. The minimum atomic E-state index is -0.629. The lowest BCUT2D eigenvalue weighted by molar-refractivity contribution is -0.155. The van der Waals surface area contributed by atoms with Gasteiger partial charge in [0, 0.05) is 25.0 Å². The molecule has 27 heavy (non-hydrogen) atoms. The summed E-state index contributed by atoms with van der Waals surface area (Å²) in [6.07, 6.45) is 8.07. The van der Waals surface area contributed by atoms with E-state index in [2.05, 4.69) is 15.1 Å². The highest BCUT2D eigenvalue weighted by Crippen LogP contribution is 2.44. The molecule has 1 spiro atoms. The van der Waals surface area contributed by atoms with Crippen LogP contribution in [0, 0.1) is 5.92 Å². The van der Waals surface area contributed by atoms with Crippen molar-refractivity contribution < 1.29 is 18.8 Å². The van der Waals surface area contributed by atoms with Crippen LogP contribution >= 0.6 is 0 Å². The number of nitrogens with zero attached hydrogens (tertiary/aromatic N) is 4. The van der Waals surface area contributed by atoms with Crippen molar-refractivity contribution >= 4 is 11.9 Å². The van der Waals surface area contributed by atoms with Crippen molar-refractivity contribution in [3.63, 3.8) is 0 Å². The quantitative estimate of drug-likeness (QED) is 0.762. The lowest BCUT2D eigenvalue weighted by atomic mass is 9.75. The van der Waals surface area contributed by atoms with E-state index in [4.69, 9.17) is 9.26 Å². The molecule has 2 fully saturated rings. The second kappa shape index (κ2) is 7.09. The molecule has 8 heteroatoms. The zero-order valence-electron chi connectivity index (χ0n) is 15.3. The van der Waals surface area contributed by atoms with E-state index in [1.807, 2.05) is 6.07 Å². The molecule has 4 rings (SSSR count). The molecule has 1 aliphatic heterocycles. The van der Waals surface area contributed by atoms with Gasteiger partial charge in [0.15, 0.2) is 0 Å². The van der Waals surface area contributed by atoms with Crippen LogP contribution in [0.2, 0.25) is 0 Å². The van der Waals surface area contributed by atoms with Crippen LogP contribution in [0.25, 0.3) is 11.4 Å². The number of pyridine rings is 1. The lowest BCUT2D eigenvalue weighted by Gasteiger charge is -2.37. The van der Waals surface area contributed by atoms with Gasteiger partial charge in [0.1, 0.15) is 5.60 Å². The highest BCUT2D eigenvalue weighted by Gasteiger charge is 2.53. The van der Waals surface area contributed by atoms with E-state index in [1.54, 1.807) is 30.4 Å². The summed E-state index contributed by atoms with van der Waals surface area (Å²) in [5.74, 6) is -0.0464. The van der Waals surface area contributed by atoms with Crippen molar-refractivity contribution in [3.8, 4) is 11.4 Å². The average Bonchev–Trinajstić information content (AvgIpc) is 3.27. The molecule has 0 radical (unpaired) electrons. The zero-order chi connectivity index (χ0) is 18.9. The fourth-order valence-electron chi connectivity index (χ4n) is 4.08. The predicted octanol–water partition coefficient (Wildman–Crippen LogP) is 2.36. The maximum Gasteiger partial charge on any atom is 0.307 e. The van der Waals surface area contributed by atoms with Crippen LogP contribution in [-0.2, 0) is 20.9 Å². The van der Waals surface area contributed by atoms with E-state index in [-0.39, 0.29) is 24.8 Å². The van der Waals surface area contributed by atoms with Crippen molar-refractivity contribution in [2.75, 3.05) is 7.05 Å². The molecule has 2 aliphatic rings. The Hall–Kier alpha value is -2.77. The van der Waals surface area contributed by atoms with Crippen LogP contribution in [0.15, 0.2) is 29.0 Å². The van der Waals surface area contributed by atoms with Crippen LogP contribution in [0.5, 0.6) is 0 Å². The number of esters is 1. The predicted molar refractivity (Wildman–Crippen MR) is 94.0 cm³/mol. The van der Waals surface area contributed by atoms with Crippen LogP contribution in [-0.4, -0.2) is 44.5 Å². The molecule has 1 aliphatic carbocycles. The Labute approximate surface area is 156 Å². The monoisotopic (exact) mass is 370 g/mol. The van der Waals surface area contributed by atoms with Gasteiger partial charge in [-0.25, -0.2) is 0 Å². The molecule has 1 unspecified atom stereocenters. The number of aromatic nitrogens is 3. The molecule has 8 nitrogen and oxygen atoms in total. The van der Waals surface area contributed by atoms with E-state index in [9.17, 15) is 9.59 Å². The van der Waals surface area contributed by atoms with Crippen molar-refractivity contribution in [1.29, 1.82) is 0 Å². The molecule has 1 amide bonds. The van der Waals surface area contributed by atoms with Gasteiger partial charge in [0.25, 0.3) is 0 Å². The topological polar surface area (TPSA) is 98.4 Å². The molecule has 0 N–H and O–H groups in total. The van der Waals surface area contributed by atoms with Crippen molar-refractivity contribution in [2.24, 2.45) is 5.92 Å². The fraction of sp³-hybridized carbons (Fsp3) is 0.526. The minimum absolute atomic E-state index is 0.108. The molecular formula is C19H22N4O4. The number of hydrogen-bond acceptors (Lipinski definition) is 7. The van der Waals surface area contributed by atoms with Gasteiger partial charge in [-0.15, -0.1) is 0 Å². The molecule has 1 atom stereocenters. The van der Waals surface area contributed by atoms with Gasteiger partial charge < -0.3 is 14.2 Å². The van der Waals surface area contributed by atoms with Crippen molar-refractivity contribution in [1.82, 2.24) is 20.0 Å². The van der Waals surface area contributed by atoms with E-state index < -0.39 is 11.5 Å². The number of ether oxygens (including phenoxy) is 1. The Morgan fingerprint density at radius 2 is 2.15 bits per heavy atom. The Balaban J connectivity index is 1.46. The summed E-state index contributed by atoms with van der Waals surface area (Å²) in [6, 6.07) is 3.63. The largest absolute Gasteiger partial charge is 0.458 e. The third kappa shape index (κ3) is 3.43. The van der Waals surface area contributed by atoms with Crippen LogP contribution < -0.4 is 0 Å². The Bertz CT molecular complexity index is 829. The molecule has 0 bridgehead atoms. The van der Waals surface area contributed by atoms with Gasteiger partial charge in [-0.05, 0) is 37.8 Å². The Morgan fingerprint density at radius 3 is 2.89 bits per heavy atom. The van der Waals surface area contributed by atoms with Gasteiger partial charge in [-0.3, -0.25) is 14.6 Å². The van der Waals surface area contributed by atoms with Crippen LogP contribution in [0.1, 0.15) is 44.4 Å². The summed E-state index contributed by atoms with van der Waals surface area (Å²) in [5.41, 5.74) is 0.119. The van der Waals surface area contributed by atoms with Gasteiger partial charge in [-0.1, -0.05) is 11.6 Å². The van der Waals surface area contributed by atoms with Crippen molar-refractivity contribution in [3.05, 3.63) is 30.4 Å². The summed E-state index contributed by atoms with van der Waals surface area (Å²) in [5, 5.41) is 3.95. The van der Waals surface area contributed by atoms with Gasteiger partial charge in [-0.2, -0.15) is 4.98 Å². The Kier molecular flexibility index (Phi) is 4.63. The van der Waals surface area contributed by atoms with E-state index in [0.29, 0.717) is 11.7 Å². The fourth-order valence-corrected chi connectivity index (χ4v) is 4.08. The average molecular weight is 370 g/mol. The zero-order valence-corrected chi connectivity index (χ0v) is 15.3. The van der Waals surface area contributed by atoms with Crippen molar-refractivity contribution in [2.45, 2.75) is 50.7 Å². The SMILES string of the molecule is CN(Cc1nc(-c2cccnc2)no1)C(=O)C1CC(=O)OC12CCCCC2. The van der Waals surface area contributed by atoms with Crippen LogP contribution in [0.4, 0.5) is 0 Å². The first-order valence-electron chi connectivity index (χ1n) is 9.27. The van der Waals surface area contributed by atoms with E-state index >= 15 is 0 Å². The lowest BCUT2D eigenvalue weighted by Crippen LogP contribution is -2.46. The molecule has 2 aromatic rings. The number of carbonyl (C=O) groups excluding carboxylic acids is 2. The Morgan fingerprint density at radius 1 is 1.33 bits per heavy atom. The summed E-state index contributed by atoms with van der Waals surface area (Å²) < 4.78 is 10.9. The standard InChI is InChI=1S/C19H22N4O4/c1-23(12-15-21-17(22-27-15)13-6-5-9-20-11-13)18(25)14-10-16(24)26-19(14)7-3-2-4-8-19/h5-6,9,11,14H,2-4,7-8,10,12H2,1H3. The molecule has 0 aromatic carbocycles. The normalized spacial score (nSPS) is 21.2. The first kappa shape index (κ1) is 17.6. The molecule has 1 saturated carbocycles. The van der Waals surface area contributed by atoms with Crippen LogP contribution in [0.3, 0.4) is 0 Å². The minimum Gasteiger partial charge on any atom is -0.458 e. The van der Waals surface area contributed by atoms with Gasteiger partial charge in [0.2, 0.25) is 17.6 Å². The second-order valence-corrected chi connectivity index (χ2v) is 7.30. The summed E-state index contributed by atoms with van der Waals surface area (Å²) in [6.45, 7) is 0.187. The molecule has 142 valence electrons. The highest BCUT2D eigenvalue weighted by molar-refractivity contribution is 5.87. The third-order valence-corrected chi connectivity index (χ3v) is 5.46. The molecular weight excluding hydrogens is 348 g/mol.